The van der Waals surface area contributed by atoms with E-state index in [-0.39, 0.29) is 51.5 Å². The van der Waals surface area contributed by atoms with Crippen LogP contribution in [0.4, 0.5) is 11.4 Å². The number of ether oxygens (including phenoxy) is 16. The Labute approximate surface area is 456 Å². The average Bonchev–Trinajstić information content (AvgIpc) is 3.47. The van der Waals surface area contributed by atoms with Crippen molar-refractivity contribution in [2.24, 2.45) is 0 Å². The zero-order chi connectivity index (χ0) is 54.2. The molecular formula is C58H72N2O18. The van der Waals surface area contributed by atoms with Gasteiger partial charge < -0.3 is 85.6 Å². The quantitative estimate of drug-likeness (QED) is 0.182. The molecule has 5 aromatic rings. The maximum atomic E-state index is 14.1. The van der Waals surface area contributed by atoms with Crippen LogP contribution in [0.5, 0.6) is 46.0 Å². The van der Waals surface area contributed by atoms with E-state index in [0.29, 0.717) is 187 Å². The molecule has 0 aliphatic carbocycles. The van der Waals surface area contributed by atoms with Crippen LogP contribution in [0.15, 0.2) is 109 Å². The first-order valence-electron chi connectivity index (χ1n) is 26.2. The molecule has 0 unspecified atom stereocenters. The van der Waals surface area contributed by atoms with Gasteiger partial charge in [-0.15, -0.1) is 0 Å². The van der Waals surface area contributed by atoms with E-state index in [9.17, 15) is 9.59 Å². The smallest absolute Gasteiger partial charge is 0.258 e. The largest absolute Gasteiger partial charge is 0.487 e. The van der Waals surface area contributed by atoms with E-state index in [1.807, 2.05) is 48.5 Å². The van der Waals surface area contributed by atoms with Crippen LogP contribution in [0, 0.1) is 0 Å². The van der Waals surface area contributed by atoms with E-state index in [1.54, 1.807) is 74.8 Å². The van der Waals surface area contributed by atoms with Gasteiger partial charge in [0.15, 0.2) is 46.0 Å². The van der Waals surface area contributed by atoms with E-state index in [0.717, 1.165) is 0 Å². The van der Waals surface area contributed by atoms with Crippen LogP contribution < -0.4 is 47.7 Å². The van der Waals surface area contributed by atoms with Crippen molar-refractivity contribution >= 4 is 23.2 Å². The lowest BCUT2D eigenvalue weighted by molar-refractivity contribution is 0.0223. The standard InChI is InChI=1S/C58H72N2O18/c1-59(57(61)45-14-16-53-55(42-45)77-40-32-69-24-22-65-28-36-73-51-12-5-3-10-49(51)71-34-26-63-18-20-67-30-38-75-53)47-8-7-9-48(44-47)60(2)58(62)46-15-17-54-56(43-46)78-41-33-70-25-23-66-29-37-74-52-13-6-4-11-50(52)72-35-27-64-19-21-68-31-39-76-54/h3-17,42-44H,18-41H2,1-2H3. The second kappa shape index (κ2) is 34.1. The molecule has 5 aromatic carbocycles. The van der Waals surface area contributed by atoms with Crippen molar-refractivity contribution in [2.75, 3.05) is 182 Å². The topological polar surface area (TPSA) is 188 Å². The molecule has 0 radical (unpaired) electrons. The summed E-state index contributed by atoms with van der Waals surface area (Å²) in [7, 11) is 3.33. The molecule has 0 atom stereocenters. The molecule has 0 aromatic heterocycles. The van der Waals surface area contributed by atoms with Crippen LogP contribution in [0.3, 0.4) is 0 Å². The number of carbonyl (C=O) groups excluding carboxylic acids is 2. The highest BCUT2D eigenvalue weighted by Gasteiger charge is 2.21. The third-order valence-electron chi connectivity index (χ3n) is 11.7. The van der Waals surface area contributed by atoms with Crippen molar-refractivity contribution in [3.8, 4) is 46.0 Å². The van der Waals surface area contributed by atoms with Gasteiger partial charge in [-0.05, 0) is 78.9 Å². The van der Waals surface area contributed by atoms with Crippen molar-refractivity contribution in [1.29, 1.82) is 0 Å². The highest BCUT2D eigenvalue weighted by atomic mass is 16.6. The van der Waals surface area contributed by atoms with E-state index < -0.39 is 0 Å². The lowest BCUT2D eigenvalue weighted by atomic mass is 10.1. The number of rotatable bonds is 4. The Morgan fingerprint density at radius 2 is 0.500 bits per heavy atom. The number of hydrogen-bond acceptors (Lipinski definition) is 18. The predicted octanol–water partition coefficient (Wildman–Crippen LogP) is 6.83. The Kier molecular flexibility index (Phi) is 25.7. The molecule has 20 heteroatoms. The highest BCUT2D eigenvalue weighted by molar-refractivity contribution is 6.08. The van der Waals surface area contributed by atoms with E-state index in [1.165, 1.54) is 9.80 Å². The van der Waals surface area contributed by atoms with Gasteiger partial charge in [0.25, 0.3) is 11.8 Å². The van der Waals surface area contributed by atoms with Gasteiger partial charge in [0.2, 0.25) is 0 Å². The summed E-state index contributed by atoms with van der Waals surface area (Å²) in [6.07, 6.45) is 0. The summed E-state index contributed by atoms with van der Waals surface area (Å²) in [5.41, 5.74) is 1.80. The maximum Gasteiger partial charge on any atom is 0.258 e. The normalized spacial score (nSPS) is 17.2. The molecule has 0 saturated heterocycles. The summed E-state index contributed by atoms with van der Waals surface area (Å²) in [5, 5.41) is 0. The monoisotopic (exact) mass is 1080 g/mol. The van der Waals surface area contributed by atoms with Gasteiger partial charge in [-0.2, -0.15) is 0 Å². The van der Waals surface area contributed by atoms with Crippen LogP contribution >= 0.6 is 0 Å². The minimum absolute atomic E-state index is 0.184. The van der Waals surface area contributed by atoms with E-state index in [2.05, 4.69) is 0 Å². The number of hydrogen-bond donors (Lipinski definition) is 0. The number of carbonyl (C=O) groups is 2. The predicted molar refractivity (Wildman–Crippen MR) is 288 cm³/mol. The minimum Gasteiger partial charge on any atom is -0.487 e. The summed E-state index contributed by atoms with van der Waals surface area (Å²) >= 11 is 0. The lowest BCUT2D eigenvalue weighted by Crippen LogP contribution is -2.28. The van der Waals surface area contributed by atoms with Gasteiger partial charge in [0.1, 0.15) is 52.9 Å². The maximum absolute atomic E-state index is 14.1. The second-order valence-electron chi connectivity index (χ2n) is 17.2. The van der Waals surface area contributed by atoms with Crippen LogP contribution in [0.25, 0.3) is 0 Å². The Morgan fingerprint density at radius 1 is 0.269 bits per heavy atom. The van der Waals surface area contributed by atoms with Gasteiger partial charge in [0.05, 0.1) is 106 Å². The number of fused-ring (bicyclic) bond motifs is 4. The Balaban J connectivity index is 0.933. The molecule has 78 heavy (non-hydrogen) atoms. The molecule has 2 heterocycles. The summed E-state index contributed by atoms with van der Waals surface area (Å²) in [5.74, 6) is 3.48. The third-order valence-corrected chi connectivity index (χ3v) is 11.7. The molecule has 2 amide bonds. The molecule has 0 N–H and O–H groups in total. The molecule has 0 spiro atoms. The van der Waals surface area contributed by atoms with Gasteiger partial charge >= 0.3 is 0 Å². The Bertz CT molecular complexity index is 2380. The van der Waals surface area contributed by atoms with Crippen LogP contribution in [-0.2, 0) is 37.9 Å². The summed E-state index contributed by atoms with van der Waals surface area (Å²) in [6.45, 7) is 7.69. The molecule has 422 valence electrons. The number of nitrogens with zero attached hydrogens (tertiary/aromatic N) is 2. The van der Waals surface area contributed by atoms with Crippen molar-refractivity contribution in [3.05, 3.63) is 120 Å². The Hall–Kier alpha value is -6.88. The third kappa shape index (κ3) is 19.8. The lowest BCUT2D eigenvalue weighted by Gasteiger charge is -2.23. The molecule has 0 saturated carbocycles. The van der Waals surface area contributed by atoms with Crippen molar-refractivity contribution in [1.82, 2.24) is 0 Å². The Morgan fingerprint density at radius 3 is 0.769 bits per heavy atom. The summed E-state index contributed by atoms with van der Waals surface area (Å²) in [6, 6.07) is 32.1. The fourth-order valence-corrected chi connectivity index (χ4v) is 7.63. The zero-order valence-corrected chi connectivity index (χ0v) is 44.6. The first-order valence-corrected chi connectivity index (χ1v) is 26.2. The van der Waals surface area contributed by atoms with Gasteiger partial charge in [-0.1, -0.05) is 30.3 Å². The van der Waals surface area contributed by atoms with Gasteiger partial charge in [-0.3, -0.25) is 9.59 Å². The van der Waals surface area contributed by atoms with Crippen molar-refractivity contribution in [3.63, 3.8) is 0 Å². The molecule has 0 fully saturated rings. The first kappa shape index (κ1) is 58.8. The van der Waals surface area contributed by atoms with E-state index >= 15 is 0 Å². The number of benzene rings is 5. The molecule has 7 rings (SSSR count). The first-order chi connectivity index (χ1) is 38.4. The number of para-hydroxylation sites is 4. The average molecular weight is 1090 g/mol. The van der Waals surface area contributed by atoms with Crippen molar-refractivity contribution in [2.45, 2.75) is 0 Å². The summed E-state index contributed by atoms with van der Waals surface area (Å²) in [4.78, 5) is 31.3. The SMILES string of the molecule is CN(C(=O)c1ccc2c(c1)OCCOCCOCCOc1ccccc1OCCOCCOCCO2)c1cccc(N(C)C(=O)c2ccc3c(c2)OCCOCCOCCOc2ccccc2OCCOCCOCCO3)c1. The van der Waals surface area contributed by atoms with E-state index in [4.69, 9.17) is 75.8 Å². The minimum atomic E-state index is -0.318. The van der Waals surface area contributed by atoms with Gasteiger partial charge in [0, 0.05) is 36.6 Å². The van der Waals surface area contributed by atoms with Crippen LogP contribution in [-0.4, -0.2) is 184 Å². The fourth-order valence-electron chi connectivity index (χ4n) is 7.63. The van der Waals surface area contributed by atoms with Crippen LogP contribution in [0.1, 0.15) is 20.7 Å². The summed E-state index contributed by atoms with van der Waals surface area (Å²) < 4.78 is 93.7. The van der Waals surface area contributed by atoms with Gasteiger partial charge in [-0.25, -0.2) is 0 Å². The van der Waals surface area contributed by atoms with Crippen LogP contribution in [0.2, 0.25) is 0 Å². The van der Waals surface area contributed by atoms with Crippen molar-refractivity contribution < 1.29 is 85.4 Å². The zero-order valence-electron chi connectivity index (χ0n) is 44.6. The fraction of sp³-hybridized carbons (Fsp3) is 0.448. The number of amides is 2. The number of anilines is 2. The highest BCUT2D eigenvalue weighted by Crippen LogP contribution is 2.33. The molecule has 2 aliphatic rings. The molecule has 0 bridgehead atoms. The second-order valence-corrected chi connectivity index (χ2v) is 17.2. The molecule has 20 nitrogen and oxygen atoms in total. The molecular weight excluding hydrogens is 1010 g/mol. The molecule has 2 aliphatic heterocycles.